The van der Waals surface area contributed by atoms with Gasteiger partial charge in [-0.05, 0) is 47.8 Å². The van der Waals surface area contributed by atoms with Crippen LogP contribution in [0, 0.1) is 25.7 Å². The van der Waals surface area contributed by atoms with Gasteiger partial charge in [-0.3, -0.25) is 4.79 Å². The van der Waals surface area contributed by atoms with Crippen molar-refractivity contribution >= 4 is 27.3 Å². The maximum absolute atomic E-state index is 14.0. The second-order valence-electron chi connectivity index (χ2n) is 7.31. The minimum atomic E-state index is -0.194. The first-order valence-electron chi connectivity index (χ1n) is 9.61. The molecule has 0 fully saturated rings. The van der Waals surface area contributed by atoms with Crippen LogP contribution in [-0.2, 0) is 24.9 Å². The van der Waals surface area contributed by atoms with Crippen LogP contribution in [0.15, 0.2) is 66.6 Å². The minimum absolute atomic E-state index is 0. The van der Waals surface area contributed by atoms with Crippen molar-refractivity contribution in [2.75, 3.05) is 0 Å². The van der Waals surface area contributed by atoms with E-state index in [1.807, 2.05) is 31.2 Å². The number of aromatic nitrogens is 1. The Morgan fingerprint density at radius 2 is 1.68 bits per heavy atom. The SMILES string of the molecule is CC(=O)/C=C(/C)O.Cc1[c-]c(-c2nccc3c2ccc2c(F)cccc23)cc(C)c1.[Ir]. The van der Waals surface area contributed by atoms with Gasteiger partial charge < -0.3 is 10.1 Å². The second kappa shape index (κ2) is 10.4. The number of ketones is 1. The molecule has 3 aromatic carbocycles. The van der Waals surface area contributed by atoms with Crippen molar-refractivity contribution in [1.82, 2.24) is 4.98 Å². The predicted octanol–water partition coefficient (Wildman–Crippen LogP) is 6.65. The van der Waals surface area contributed by atoms with Crippen LogP contribution in [0.25, 0.3) is 32.8 Å². The van der Waals surface area contributed by atoms with E-state index in [9.17, 15) is 9.18 Å². The van der Waals surface area contributed by atoms with Gasteiger partial charge >= 0.3 is 0 Å². The number of nitrogens with zero attached hydrogens (tertiary/aromatic N) is 1. The molecular formula is C26H23FIrNO2-. The number of pyridine rings is 1. The van der Waals surface area contributed by atoms with Gasteiger partial charge in [0, 0.05) is 37.8 Å². The molecule has 0 unspecified atom stereocenters. The maximum atomic E-state index is 14.0. The molecule has 0 bridgehead atoms. The van der Waals surface area contributed by atoms with Crippen LogP contribution in [0.4, 0.5) is 4.39 Å². The zero-order valence-electron chi connectivity index (χ0n) is 17.8. The number of aryl methyl sites for hydroxylation is 2. The van der Waals surface area contributed by atoms with Gasteiger partial charge in [-0.1, -0.05) is 38.1 Å². The molecule has 1 radical (unpaired) electrons. The molecule has 161 valence electrons. The summed E-state index contributed by atoms with van der Waals surface area (Å²) in [5.74, 6) is -0.256. The number of hydrogen-bond acceptors (Lipinski definition) is 3. The molecule has 0 atom stereocenters. The topological polar surface area (TPSA) is 50.2 Å². The zero-order chi connectivity index (χ0) is 21.8. The van der Waals surface area contributed by atoms with Crippen molar-refractivity contribution in [3.63, 3.8) is 0 Å². The number of benzene rings is 3. The third kappa shape index (κ3) is 5.84. The summed E-state index contributed by atoms with van der Waals surface area (Å²) in [5.41, 5.74) is 4.14. The maximum Gasteiger partial charge on any atom is 0.155 e. The quantitative estimate of drug-likeness (QED) is 0.123. The Hall–Kier alpha value is -2.88. The molecule has 1 N–H and O–H groups in total. The van der Waals surface area contributed by atoms with Crippen molar-refractivity contribution in [1.29, 1.82) is 0 Å². The van der Waals surface area contributed by atoms with Crippen molar-refractivity contribution in [2.24, 2.45) is 0 Å². The average molecular weight is 593 g/mol. The van der Waals surface area contributed by atoms with E-state index < -0.39 is 0 Å². The number of carbonyl (C=O) groups excluding carboxylic acids is 1. The first kappa shape index (κ1) is 24.4. The fourth-order valence-corrected chi connectivity index (χ4v) is 3.52. The molecule has 1 heterocycles. The van der Waals surface area contributed by atoms with Gasteiger partial charge in [-0.25, -0.2) is 4.39 Å². The summed E-state index contributed by atoms with van der Waals surface area (Å²) >= 11 is 0. The third-order valence-electron chi connectivity index (χ3n) is 4.57. The average Bonchev–Trinajstić information content (AvgIpc) is 2.66. The molecule has 0 saturated heterocycles. The van der Waals surface area contributed by atoms with Gasteiger partial charge in [0.25, 0.3) is 0 Å². The van der Waals surface area contributed by atoms with Crippen molar-refractivity contribution < 1.29 is 34.4 Å². The van der Waals surface area contributed by atoms with E-state index in [0.717, 1.165) is 33.0 Å². The van der Waals surface area contributed by atoms with Gasteiger partial charge in [0.2, 0.25) is 0 Å². The number of hydrogen-bond donors (Lipinski definition) is 1. The predicted molar refractivity (Wildman–Crippen MR) is 120 cm³/mol. The first-order valence-corrected chi connectivity index (χ1v) is 9.61. The van der Waals surface area contributed by atoms with E-state index in [0.29, 0.717) is 5.39 Å². The fourth-order valence-electron chi connectivity index (χ4n) is 3.52. The first-order chi connectivity index (χ1) is 14.3. The molecular weight excluding hydrogens is 570 g/mol. The number of aliphatic hydroxyl groups is 1. The van der Waals surface area contributed by atoms with E-state index in [4.69, 9.17) is 5.11 Å². The number of rotatable bonds is 2. The van der Waals surface area contributed by atoms with Crippen molar-refractivity contribution in [3.8, 4) is 11.3 Å². The van der Waals surface area contributed by atoms with E-state index in [1.165, 1.54) is 31.6 Å². The second-order valence-corrected chi connectivity index (χ2v) is 7.31. The Labute approximate surface area is 195 Å². The van der Waals surface area contributed by atoms with Gasteiger partial charge in [-0.2, -0.15) is 0 Å². The van der Waals surface area contributed by atoms with Crippen LogP contribution in [0.3, 0.4) is 0 Å². The van der Waals surface area contributed by atoms with Crippen molar-refractivity contribution in [3.05, 3.63) is 89.6 Å². The van der Waals surface area contributed by atoms with Gasteiger partial charge in [-0.15, -0.1) is 34.9 Å². The van der Waals surface area contributed by atoms with E-state index in [-0.39, 0.29) is 37.5 Å². The molecule has 0 amide bonds. The summed E-state index contributed by atoms with van der Waals surface area (Å²) in [4.78, 5) is 14.6. The van der Waals surface area contributed by atoms with Crippen LogP contribution in [0.5, 0.6) is 0 Å². The van der Waals surface area contributed by atoms with E-state index in [1.54, 1.807) is 12.3 Å². The van der Waals surface area contributed by atoms with Crippen LogP contribution < -0.4 is 0 Å². The largest absolute Gasteiger partial charge is 0.512 e. The summed E-state index contributed by atoms with van der Waals surface area (Å²) in [7, 11) is 0. The molecule has 0 saturated carbocycles. The van der Waals surface area contributed by atoms with Crippen LogP contribution >= 0.6 is 0 Å². The molecule has 0 spiro atoms. The number of allylic oxidation sites excluding steroid dienone is 2. The molecule has 3 nitrogen and oxygen atoms in total. The molecule has 0 aliphatic carbocycles. The summed E-state index contributed by atoms with van der Waals surface area (Å²) in [6, 6.07) is 18.5. The Bertz CT molecular complexity index is 1260. The molecule has 0 aliphatic rings. The zero-order valence-corrected chi connectivity index (χ0v) is 20.2. The van der Waals surface area contributed by atoms with Gasteiger partial charge in [0.15, 0.2) is 5.78 Å². The monoisotopic (exact) mass is 593 g/mol. The Morgan fingerprint density at radius 3 is 2.29 bits per heavy atom. The summed E-state index contributed by atoms with van der Waals surface area (Å²) in [6.45, 7) is 6.95. The van der Waals surface area contributed by atoms with Crippen LogP contribution in [-0.4, -0.2) is 15.9 Å². The van der Waals surface area contributed by atoms with Crippen LogP contribution in [0.2, 0.25) is 0 Å². The smallest absolute Gasteiger partial charge is 0.155 e. The third-order valence-corrected chi connectivity index (χ3v) is 4.57. The number of aliphatic hydroxyl groups excluding tert-OH is 1. The summed E-state index contributed by atoms with van der Waals surface area (Å²) < 4.78 is 14.0. The molecule has 1 aromatic heterocycles. The van der Waals surface area contributed by atoms with Crippen molar-refractivity contribution in [2.45, 2.75) is 27.7 Å². The summed E-state index contributed by atoms with van der Waals surface area (Å²) in [6.07, 6.45) is 2.95. The number of fused-ring (bicyclic) bond motifs is 3. The number of halogens is 1. The molecule has 4 rings (SSSR count). The Kier molecular flexibility index (Phi) is 8.21. The molecule has 31 heavy (non-hydrogen) atoms. The fraction of sp³-hybridized carbons (Fsp3) is 0.154. The number of carbonyl (C=O) groups is 1. The Morgan fingerprint density at radius 1 is 1.00 bits per heavy atom. The normalized spacial score (nSPS) is 10.9. The molecule has 0 aliphatic heterocycles. The van der Waals surface area contributed by atoms with E-state index in [2.05, 4.69) is 30.1 Å². The standard InChI is InChI=1S/C21H15FN.C5H8O2.Ir/c1-13-10-14(2)12-15(11-13)21-19-7-6-18-16(4-3-5-20(18)22)17(19)8-9-23-21;1-4(6)3-5(2)7;/h3-11H,1-2H3;3,6H,1-2H3;/q-1;;/b;4-3-;. The molecule has 5 heteroatoms. The summed E-state index contributed by atoms with van der Waals surface area (Å²) in [5, 5.41) is 11.9. The van der Waals surface area contributed by atoms with Gasteiger partial charge in [0.1, 0.15) is 5.82 Å². The van der Waals surface area contributed by atoms with E-state index >= 15 is 0 Å². The van der Waals surface area contributed by atoms with Crippen LogP contribution in [0.1, 0.15) is 25.0 Å². The van der Waals surface area contributed by atoms with Gasteiger partial charge in [0.05, 0.1) is 5.76 Å². The molecule has 4 aromatic rings. The minimum Gasteiger partial charge on any atom is -0.512 e. The Balaban J connectivity index is 0.000000373.